The van der Waals surface area contributed by atoms with Crippen molar-refractivity contribution in [3.63, 3.8) is 0 Å². The molecule has 0 saturated carbocycles. The van der Waals surface area contributed by atoms with Crippen LogP contribution in [0.15, 0.2) is 17.3 Å². The van der Waals surface area contributed by atoms with Crippen molar-refractivity contribution in [3.8, 4) is 0 Å². The molecule has 2 N–H and O–H groups in total. The molecular weight excluding hydrogens is 356 g/mol. The summed E-state index contributed by atoms with van der Waals surface area (Å²) in [6, 6.07) is 1.47. The zero-order valence-corrected chi connectivity index (χ0v) is 15.5. The Labute approximate surface area is 155 Å². The molecule has 0 spiro atoms. The van der Waals surface area contributed by atoms with Crippen molar-refractivity contribution in [1.29, 1.82) is 0 Å². The van der Waals surface area contributed by atoms with E-state index < -0.39 is 18.0 Å². The second kappa shape index (κ2) is 8.35. The maximum absolute atomic E-state index is 12.4. The first-order valence-electron chi connectivity index (χ1n) is 8.81. The van der Waals surface area contributed by atoms with E-state index >= 15 is 0 Å². The molecular formula is C18H22N2O5S. The number of carbonyl (C=O) groups is 3. The summed E-state index contributed by atoms with van der Waals surface area (Å²) in [6.45, 7) is 1.80. The normalized spacial score (nSPS) is 16.9. The summed E-state index contributed by atoms with van der Waals surface area (Å²) in [7, 11) is 0. The summed E-state index contributed by atoms with van der Waals surface area (Å²) in [5.74, 6) is -0.972. The zero-order chi connectivity index (χ0) is 18.5. The molecule has 0 unspecified atom stereocenters. The monoisotopic (exact) mass is 378 g/mol. The van der Waals surface area contributed by atoms with Crippen molar-refractivity contribution < 1.29 is 23.9 Å². The van der Waals surface area contributed by atoms with Gasteiger partial charge >= 0.3 is 18.0 Å². The standard InChI is InChI=1S/C18H22N2O5S/c1-2-24-16(21)12-9-19-18(23)20-13(12)10-25-17(22)15-8-11-6-4-3-5-7-14(11)26-15/h8H,2-7,9-10H2,1H3,(H2,19,20,23). The predicted octanol–water partition coefficient (Wildman–Crippen LogP) is 2.30. The first-order chi connectivity index (χ1) is 12.6. The van der Waals surface area contributed by atoms with E-state index in [0.717, 1.165) is 25.7 Å². The molecule has 2 aliphatic rings. The van der Waals surface area contributed by atoms with Crippen molar-refractivity contribution in [2.24, 2.45) is 0 Å². The highest BCUT2D eigenvalue weighted by Crippen LogP contribution is 2.29. The molecule has 140 valence electrons. The lowest BCUT2D eigenvalue weighted by atomic mass is 10.1. The number of thiophene rings is 1. The molecule has 1 aromatic heterocycles. The van der Waals surface area contributed by atoms with E-state index in [1.807, 2.05) is 6.07 Å². The minimum Gasteiger partial charge on any atom is -0.463 e. The summed E-state index contributed by atoms with van der Waals surface area (Å²) < 4.78 is 10.3. The van der Waals surface area contributed by atoms with E-state index in [1.165, 1.54) is 28.2 Å². The molecule has 3 rings (SSSR count). The molecule has 8 heteroatoms. The molecule has 0 bridgehead atoms. The van der Waals surface area contributed by atoms with Gasteiger partial charge in [0, 0.05) is 4.88 Å². The molecule has 0 atom stereocenters. The summed E-state index contributed by atoms with van der Waals surface area (Å²) in [5.41, 5.74) is 1.76. The predicted molar refractivity (Wildman–Crippen MR) is 96.1 cm³/mol. The largest absolute Gasteiger partial charge is 0.463 e. The fraction of sp³-hybridized carbons (Fsp3) is 0.500. The van der Waals surface area contributed by atoms with Crippen LogP contribution < -0.4 is 10.6 Å². The number of ether oxygens (including phenoxy) is 2. The van der Waals surface area contributed by atoms with E-state index in [0.29, 0.717) is 4.88 Å². The lowest BCUT2D eigenvalue weighted by molar-refractivity contribution is -0.138. The molecule has 0 aromatic carbocycles. The van der Waals surface area contributed by atoms with Crippen LogP contribution in [0.4, 0.5) is 4.79 Å². The molecule has 26 heavy (non-hydrogen) atoms. The molecule has 1 aliphatic heterocycles. The average Bonchev–Trinajstić information content (AvgIpc) is 2.90. The average molecular weight is 378 g/mol. The van der Waals surface area contributed by atoms with Gasteiger partial charge in [-0.1, -0.05) is 6.42 Å². The Kier molecular flexibility index (Phi) is 5.92. The van der Waals surface area contributed by atoms with Crippen LogP contribution in [0.2, 0.25) is 0 Å². The smallest absolute Gasteiger partial charge is 0.348 e. The van der Waals surface area contributed by atoms with E-state index in [1.54, 1.807) is 6.92 Å². The Morgan fingerprint density at radius 1 is 1.15 bits per heavy atom. The summed E-state index contributed by atoms with van der Waals surface area (Å²) in [6.07, 6.45) is 5.52. The number of carbonyl (C=O) groups excluding carboxylic acids is 3. The van der Waals surface area contributed by atoms with Gasteiger partial charge in [0.15, 0.2) is 0 Å². The lowest BCUT2D eigenvalue weighted by Crippen LogP contribution is -2.45. The third-order valence-corrected chi connectivity index (χ3v) is 5.59. The number of amides is 2. The van der Waals surface area contributed by atoms with Gasteiger partial charge in [-0.25, -0.2) is 14.4 Å². The topological polar surface area (TPSA) is 93.7 Å². The van der Waals surface area contributed by atoms with Gasteiger partial charge in [0.1, 0.15) is 11.5 Å². The van der Waals surface area contributed by atoms with E-state index in [2.05, 4.69) is 10.6 Å². The van der Waals surface area contributed by atoms with Crippen LogP contribution >= 0.6 is 11.3 Å². The molecule has 0 radical (unpaired) electrons. The second-order valence-electron chi connectivity index (χ2n) is 6.18. The summed E-state index contributed by atoms with van der Waals surface area (Å²) in [4.78, 5) is 37.7. The van der Waals surface area contributed by atoms with Gasteiger partial charge in [0.05, 0.1) is 24.4 Å². The van der Waals surface area contributed by atoms with Gasteiger partial charge in [-0.3, -0.25) is 0 Å². The number of hydrogen-bond acceptors (Lipinski definition) is 6. The van der Waals surface area contributed by atoms with E-state index in [9.17, 15) is 14.4 Å². The Hall–Kier alpha value is -2.35. The SMILES string of the molecule is CCOC(=O)C1=C(COC(=O)c2cc3c(s2)CCCCC3)NC(=O)NC1. The third-order valence-electron chi connectivity index (χ3n) is 4.37. The third kappa shape index (κ3) is 4.24. The molecule has 1 aromatic rings. The highest BCUT2D eigenvalue weighted by molar-refractivity contribution is 7.14. The van der Waals surface area contributed by atoms with Crippen molar-refractivity contribution in [3.05, 3.63) is 32.7 Å². The van der Waals surface area contributed by atoms with Gasteiger partial charge in [0.2, 0.25) is 0 Å². The Balaban J connectivity index is 1.69. The van der Waals surface area contributed by atoms with Crippen LogP contribution in [0.25, 0.3) is 0 Å². The van der Waals surface area contributed by atoms with Crippen LogP contribution in [0.1, 0.15) is 46.3 Å². The maximum atomic E-state index is 12.4. The van der Waals surface area contributed by atoms with Crippen molar-refractivity contribution in [2.75, 3.05) is 19.8 Å². The van der Waals surface area contributed by atoms with Crippen LogP contribution in [0.5, 0.6) is 0 Å². The quantitative estimate of drug-likeness (QED) is 0.606. The number of urea groups is 1. The van der Waals surface area contributed by atoms with Gasteiger partial charge in [-0.05, 0) is 44.2 Å². The molecule has 2 heterocycles. The number of fused-ring (bicyclic) bond motifs is 1. The first kappa shape index (κ1) is 18.4. The molecule has 1 aliphatic carbocycles. The molecule has 7 nitrogen and oxygen atoms in total. The maximum Gasteiger partial charge on any atom is 0.348 e. The number of nitrogens with one attached hydrogen (secondary N) is 2. The van der Waals surface area contributed by atoms with Gasteiger partial charge in [-0.15, -0.1) is 11.3 Å². The minimum absolute atomic E-state index is 0.0465. The molecule has 2 amide bonds. The Morgan fingerprint density at radius 2 is 1.96 bits per heavy atom. The Bertz CT molecular complexity index is 729. The Morgan fingerprint density at radius 3 is 2.77 bits per heavy atom. The lowest BCUT2D eigenvalue weighted by Gasteiger charge is -2.21. The fourth-order valence-corrected chi connectivity index (χ4v) is 4.19. The van der Waals surface area contributed by atoms with Crippen LogP contribution in [-0.2, 0) is 27.1 Å². The van der Waals surface area contributed by atoms with Crippen LogP contribution in [0, 0.1) is 0 Å². The van der Waals surface area contributed by atoms with Crippen LogP contribution in [-0.4, -0.2) is 37.7 Å². The first-order valence-corrected chi connectivity index (χ1v) is 9.62. The van der Waals surface area contributed by atoms with Crippen molar-refractivity contribution in [2.45, 2.75) is 39.0 Å². The van der Waals surface area contributed by atoms with Gasteiger partial charge < -0.3 is 20.1 Å². The number of hydrogen-bond donors (Lipinski definition) is 2. The van der Waals surface area contributed by atoms with E-state index in [4.69, 9.17) is 9.47 Å². The molecule has 0 fully saturated rings. The second-order valence-corrected chi connectivity index (χ2v) is 7.32. The minimum atomic E-state index is -0.533. The summed E-state index contributed by atoms with van der Waals surface area (Å²) >= 11 is 1.48. The van der Waals surface area contributed by atoms with E-state index in [-0.39, 0.29) is 31.0 Å². The number of rotatable bonds is 5. The zero-order valence-electron chi connectivity index (χ0n) is 14.7. The van der Waals surface area contributed by atoms with Crippen LogP contribution in [0.3, 0.4) is 0 Å². The van der Waals surface area contributed by atoms with Gasteiger partial charge in [0.25, 0.3) is 0 Å². The van der Waals surface area contributed by atoms with Crippen molar-refractivity contribution in [1.82, 2.24) is 10.6 Å². The number of esters is 2. The van der Waals surface area contributed by atoms with Crippen molar-refractivity contribution >= 4 is 29.3 Å². The highest BCUT2D eigenvalue weighted by Gasteiger charge is 2.25. The number of aryl methyl sites for hydroxylation is 2. The molecule has 0 saturated heterocycles. The fourth-order valence-electron chi connectivity index (χ4n) is 3.05. The summed E-state index contributed by atoms with van der Waals surface area (Å²) in [5, 5.41) is 5.04. The highest BCUT2D eigenvalue weighted by atomic mass is 32.1. The van der Waals surface area contributed by atoms with Gasteiger partial charge in [-0.2, -0.15) is 0 Å².